The van der Waals surface area contributed by atoms with Gasteiger partial charge < -0.3 is 14.6 Å². The van der Waals surface area contributed by atoms with Crippen LogP contribution in [0.4, 0.5) is 5.69 Å². The number of aromatic carboxylic acids is 1. The molecule has 0 bridgehead atoms. The summed E-state index contributed by atoms with van der Waals surface area (Å²) >= 11 is 17.8. The Kier molecular flexibility index (Phi) is 6.30. The lowest BCUT2D eigenvalue weighted by Crippen LogP contribution is -2.05. The van der Waals surface area contributed by atoms with Gasteiger partial charge in [-0.15, -0.1) is 0 Å². The zero-order valence-electron chi connectivity index (χ0n) is 13.0. The van der Waals surface area contributed by atoms with E-state index in [9.17, 15) is 4.79 Å². The molecule has 0 spiro atoms. The Morgan fingerprint density at radius 2 is 1.88 bits per heavy atom. The summed E-state index contributed by atoms with van der Waals surface area (Å²) in [6, 6.07) is 5.17. The fourth-order valence-electron chi connectivity index (χ4n) is 1.86. The second-order valence-corrected chi connectivity index (χ2v) is 5.66. The molecule has 0 atom stereocenters. The highest BCUT2D eigenvalue weighted by atomic mass is 35.5. The van der Waals surface area contributed by atoms with E-state index in [0.29, 0.717) is 17.1 Å². The predicted octanol–water partition coefficient (Wildman–Crippen LogP) is 4.20. The second-order valence-electron chi connectivity index (χ2n) is 4.54. The third kappa shape index (κ3) is 4.25. The van der Waals surface area contributed by atoms with Gasteiger partial charge in [-0.3, -0.25) is 5.43 Å². The summed E-state index contributed by atoms with van der Waals surface area (Å²) in [5, 5.41) is 12.6. The predicted molar refractivity (Wildman–Crippen MR) is 97.0 cm³/mol. The average Bonchev–Trinajstić information content (AvgIpc) is 2.60. The van der Waals surface area contributed by atoms with Crippen LogP contribution < -0.4 is 14.9 Å². The number of halogens is 3. The molecule has 0 amide bonds. The van der Waals surface area contributed by atoms with Crippen LogP contribution in [0.2, 0.25) is 15.2 Å². The number of hydrazone groups is 1. The summed E-state index contributed by atoms with van der Waals surface area (Å²) < 4.78 is 10.3. The Balaban J connectivity index is 2.30. The van der Waals surface area contributed by atoms with Crippen molar-refractivity contribution in [2.45, 2.75) is 0 Å². The van der Waals surface area contributed by atoms with Gasteiger partial charge in [-0.2, -0.15) is 5.10 Å². The van der Waals surface area contributed by atoms with Crippen LogP contribution in [0.5, 0.6) is 11.5 Å². The van der Waals surface area contributed by atoms with E-state index >= 15 is 0 Å². The lowest BCUT2D eigenvalue weighted by Gasteiger charge is -2.10. The van der Waals surface area contributed by atoms with Crippen LogP contribution in [0.15, 0.2) is 23.3 Å². The van der Waals surface area contributed by atoms with E-state index in [-0.39, 0.29) is 20.9 Å². The van der Waals surface area contributed by atoms with Crippen molar-refractivity contribution in [2.75, 3.05) is 19.6 Å². The van der Waals surface area contributed by atoms with Gasteiger partial charge in [-0.25, -0.2) is 9.78 Å². The molecular formula is C15H12Cl3N3O4. The highest BCUT2D eigenvalue weighted by molar-refractivity contribution is 6.46. The van der Waals surface area contributed by atoms with Crippen molar-refractivity contribution < 1.29 is 19.4 Å². The van der Waals surface area contributed by atoms with Crippen LogP contribution >= 0.6 is 34.8 Å². The van der Waals surface area contributed by atoms with Crippen molar-refractivity contribution in [2.24, 2.45) is 5.10 Å². The molecule has 0 fully saturated rings. The molecule has 132 valence electrons. The Labute approximate surface area is 158 Å². The maximum atomic E-state index is 11.1. The summed E-state index contributed by atoms with van der Waals surface area (Å²) in [4.78, 5) is 14.7. The van der Waals surface area contributed by atoms with Gasteiger partial charge >= 0.3 is 5.97 Å². The molecule has 7 nitrogen and oxygen atoms in total. The molecule has 1 aromatic carbocycles. The lowest BCUT2D eigenvalue weighted by atomic mass is 10.2. The molecule has 0 aliphatic heterocycles. The fraction of sp³-hybridized carbons (Fsp3) is 0.133. The van der Waals surface area contributed by atoms with Crippen LogP contribution in [-0.4, -0.2) is 36.5 Å². The standard InChI is InChI=1S/C15H12Cl3N3O4/c1-24-8-4-3-7(5-9(8)25-2)6-19-21-12-10(16)13(15(22)23)20-14(18)11(12)17/h3-6H,1-2H3,(H,20,21)(H,22,23)/b19-6+. The van der Waals surface area contributed by atoms with Gasteiger partial charge in [-0.05, 0) is 23.8 Å². The van der Waals surface area contributed by atoms with E-state index in [0.717, 1.165) is 0 Å². The summed E-state index contributed by atoms with van der Waals surface area (Å²) in [7, 11) is 3.05. The van der Waals surface area contributed by atoms with Gasteiger partial charge in [0.2, 0.25) is 0 Å². The highest BCUT2D eigenvalue weighted by Crippen LogP contribution is 2.36. The molecule has 0 aliphatic carbocycles. The normalized spacial score (nSPS) is 10.8. The molecule has 2 N–H and O–H groups in total. The van der Waals surface area contributed by atoms with Crippen molar-refractivity contribution in [1.29, 1.82) is 0 Å². The largest absolute Gasteiger partial charge is 0.493 e. The van der Waals surface area contributed by atoms with Gasteiger partial charge in [-0.1, -0.05) is 34.8 Å². The number of carbonyl (C=O) groups is 1. The Morgan fingerprint density at radius 1 is 1.20 bits per heavy atom. The Hall–Kier alpha value is -2.22. The maximum Gasteiger partial charge on any atom is 0.356 e. The highest BCUT2D eigenvalue weighted by Gasteiger charge is 2.20. The minimum absolute atomic E-state index is 0.0393. The summed E-state index contributed by atoms with van der Waals surface area (Å²) in [5.74, 6) is -0.233. The molecule has 2 rings (SSSR count). The minimum Gasteiger partial charge on any atom is -0.493 e. The molecule has 1 heterocycles. The van der Waals surface area contributed by atoms with Crippen LogP contribution in [-0.2, 0) is 0 Å². The first kappa shape index (κ1) is 19.1. The molecular weight excluding hydrogens is 393 g/mol. The van der Waals surface area contributed by atoms with Crippen LogP contribution in [0.25, 0.3) is 0 Å². The molecule has 10 heteroatoms. The van der Waals surface area contributed by atoms with Gasteiger partial charge in [0.05, 0.1) is 26.1 Å². The molecule has 0 aliphatic rings. The molecule has 0 radical (unpaired) electrons. The monoisotopic (exact) mass is 403 g/mol. The van der Waals surface area contributed by atoms with E-state index in [1.165, 1.54) is 20.4 Å². The molecule has 0 unspecified atom stereocenters. The quantitative estimate of drug-likeness (QED) is 0.426. The van der Waals surface area contributed by atoms with E-state index in [4.69, 9.17) is 49.4 Å². The average molecular weight is 405 g/mol. The Morgan fingerprint density at radius 3 is 2.48 bits per heavy atom. The molecule has 25 heavy (non-hydrogen) atoms. The number of benzene rings is 1. The van der Waals surface area contributed by atoms with Crippen molar-refractivity contribution in [3.8, 4) is 11.5 Å². The van der Waals surface area contributed by atoms with Crippen molar-refractivity contribution in [1.82, 2.24) is 4.98 Å². The summed E-state index contributed by atoms with van der Waals surface area (Å²) in [6.45, 7) is 0. The zero-order valence-corrected chi connectivity index (χ0v) is 15.3. The lowest BCUT2D eigenvalue weighted by molar-refractivity contribution is 0.0691. The number of rotatable bonds is 6. The van der Waals surface area contributed by atoms with Gasteiger partial charge in [0.15, 0.2) is 22.3 Å². The number of nitrogens with zero attached hydrogens (tertiary/aromatic N) is 2. The van der Waals surface area contributed by atoms with Gasteiger partial charge in [0.1, 0.15) is 10.0 Å². The number of methoxy groups -OCH3 is 2. The third-order valence-corrected chi connectivity index (χ3v) is 4.14. The number of pyridine rings is 1. The SMILES string of the molecule is COc1ccc(/C=N/Nc2c(Cl)c(Cl)nc(C(=O)O)c2Cl)cc1OC. The van der Waals surface area contributed by atoms with Crippen molar-refractivity contribution >= 4 is 52.7 Å². The first-order chi connectivity index (χ1) is 11.9. The number of nitrogens with one attached hydrogen (secondary N) is 1. The van der Waals surface area contributed by atoms with Crippen molar-refractivity contribution in [3.63, 3.8) is 0 Å². The van der Waals surface area contributed by atoms with Crippen LogP contribution in [0.3, 0.4) is 0 Å². The number of aromatic nitrogens is 1. The number of ether oxygens (including phenoxy) is 2. The van der Waals surface area contributed by atoms with E-state index in [2.05, 4.69) is 15.5 Å². The van der Waals surface area contributed by atoms with Gasteiger partial charge in [0, 0.05) is 0 Å². The molecule has 0 saturated heterocycles. The zero-order chi connectivity index (χ0) is 18.6. The molecule has 1 aromatic heterocycles. The summed E-state index contributed by atoms with van der Waals surface area (Å²) in [6.07, 6.45) is 1.46. The number of hydrogen-bond acceptors (Lipinski definition) is 6. The third-order valence-electron chi connectivity index (χ3n) is 3.04. The van der Waals surface area contributed by atoms with Crippen molar-refractivity contribution in [3.05, 3.63) is 44.7 Å². The summed E-state index contributed by atoms with van der Waals surface area (Å²) in [5.41, 5.74) is 2.88. The second kappa shape index (κ2) is 8.24. The number of hydrogen-bond donors (Lipinski definition) is 2. The number of anilines is 1. The number of carboxylic acids is 1. The number of carboxylic acid groups (broad SMARTS) is 1. The van der Waals surface area contributed by atoms with Crippen LogP contribution in [0, 0.1) is 0 Å². The first-order valence-corrected chi connectivity index (χ1v) is 7.81. The van der Waals surface area contributed by atoms with E-state index in [1.54, 1.807) is 18.2 Å². The molecule has 0 saturated carbocycles. The van der Waals surface area contributed by atoms with E-state index < -0.39 is 11.7 Å². The Bertz CT molecular complexity index is 843. The fourth-order valence-corrected chi connectivity index (χ4v) is 2.52. The topological polar surface area (TPSA) is 93.0 Å². The van der Waals surface area contributed by atoms with E-state index in [1.807, 2.05) is 0 Å². The minimum atomic E-state index is -1.34. The smallest absolute Gasteiger partial charge is 0.356 e. The molecule has 2 aromatic rings. The maximum absolute atomic E-state index is 11.1. The first-order valence-electron chi connectivity index (χ1n) is 6.68. The van der Waals surface area contributed by atoms with Crippen LogP contribution in [0.1, 0.15) is 16.1 Å². The van der Waals surface area contributed by atoms with Gasteiger partial charge in [0.25, 0.3) is 0 Å².